The van der Waals surface area contributed by atoms with E-state index in [1.54, 1.807) is 0 Å². The van der Waals surface area contributed by atoms with Crippen molar-refractivity contribution >= 4 is 5.96 Å². The average molecular weight is 371 g/mol. The van der Waals surface area contributed by atoms with E-state index >= 15 is 0 Å². The van der Waals surface area contributed by atoms with E-state index in [-0.39, 0.29) is 6.10 Å². The highest BCUT2D eigenvalue weighted by atomic mass is 16.3. The maximum Gasteiger partial charge on any atom is 0.191 e. The molecule has 3 rings (SSSR count). The van der Waals surface area contributed by atoms with Crippen molar-refractivity contribution in [1.29, 1.82) is 0 Å². The van der Waals surface area contributed by atoms with Gasteiger partial charge in [0.1, 0.15) is 0 Å². The van der Waals surface area contributed by atoms with E-state index in [1.807, 2.05) is 42.9 Å². The number of pyridine rings is 1. The molecule has 146 valence electrons. The zero-order chi connectivity index (χ0) is 19.2. The highest BCUT2D eigenvalue weighted by Gasteiger charge is 2.19. The number of rotatable bonds is 5. The number of aliphatic imine (C=N–C) groups is 1. The van der Waals surface area contributed by atoms with Gasteiger partial charge in [0.05, 0.1) is 18.3 Å². The van der Waals surface area contributed by atoms with Crippen LogP contribution in [-0.4, -0.2) is 44.5 Å². The van der Waals surface area contributed by atoms with Gasteiger partial charge in [-0.3, -0.25) is 0 Å². The van der Waals surface area contributed by atoms with Crippen molar-refractivity contribution in [3.05, 3.63) is 41.3 Å². The number of guanidine groups is 1. The first kappa shape index (κ1) is 19.4. The summed E-state index contributed by atoms with van der Waals surface area (Å²) < 4.78 is 1.85. The number of nitrogens with zero attached hydrogens (tertiary/aromatic N) is 4. The number of aromatic nitrogens is 3. The summed E-state index contributed by atoms with van der Waals surface area (Å²) in [6, 6.07) is 6.44. The topological polar surface area (TPSA) is 87.4 Å². The van der Waals surface area contributed by atoms with E-state index in [9.17, 15) is 5.11 Å². The molecule has 1 aliphatic carbocycles. The van der Waals surface area contributed by atoms with Gasteiger partial charge in [-0.1, -0.05) is 6.07 Å². The number of hydrogen-bond acceptors (Lipinski definition) is 4. The monoisotopic (exact) mass is 370 g/mol. The quantitative estimate of drug-likeness (QED) is 0.555. The standard InChI is InChI=1S/C20H30N6O/c1-4-21-20(24-17-6-8-18(27)9-7-17)23-13-16-5-10-19(22-12-16)26-15(3)11-14(2)25-26/h5,10-12,17-18,27H,4,6-9,13H2,1-3H3,(H2,21,23,24). The third-order valence-corrected chi connectivity index (χ3v) is 4.84. The maximum atomic E-state index is 9.65. The molecule has 1 fully saturated rings. The summed E-state index contributed by atoms with van der Waals surface area (Å²) in [7, 11) is 0. The second-order valence-electron chi connectivity index (χ2n) is 7.21. The lowest BCUT2D eigenvalue weighted by Crippen LogP contribution is -2.45. The largest absolute Gasteiger partial charge is 0.393 e. The minimum Gasteiger partial charge on any atom is -0.393 e. The van der Waals surface area contributed by atoms with Crippen LogP contribution in [0, 0.1) is 13.8 Å². The van der Waals surface area contributed by atoms with Crippen LogP contribution in [0.15, 0.2) is 29.4 Å². The molecule has 7 heteroatoms. The van der Waals surface area contributed by atoms with Gasteiger partial charge in [0.25, 0.3) is 0 Å². The Morgan fingerprint density at radius 1 is 1.26 bits per heavy atom. The Kier molecular flexibility index (Phi) is 6.45. The van der Waals surface area contributed by atoms with Crippen molar-refractivity contribution in [2.75, 3.05) is 6.54 Å². The molecule has 0 unspecified atom stereocenters. The fourth-order valence-corrected chi connectivity index (χ4v) is 3.40. The molecule has 0 bridgehead atoms. The molecule has 27 heavy (non-hydrogen) atoms. The summed E-state index contributed by atoms with van der Waals surface area (Å²) in [6.07, 6.45) is 5.38. The SMILES string of the molecule is CCNC(=NCc1ccc(-n2nc(C)cc2C)nc1)NC1CCC(O)CC1. The number of nitrogens with one attached hydrogen (secondary N) is 2. The van der Waals surface area contributed by atoms with Crippen molar-refractivity contribution in [3.8, 4) is 5.82 Å². The predicted octanol–water partition coefficient (Wildman–Crippen LogP) is 2.24. The highest BCUT2D eigenvalue weighted by Crippen LogP contribution is 2.18. The Hall–Kier alpha value is -2.41. The second-order valence-corrected chi connectivity index (χ2v) is 7.21. The number of aliphatic hydroxyl groups is 1. The molecule has 7 nitrogen and oxygen atoms in total. The van der Waals surface area contributed by atoms with E-state index in [0.717, 1.165) is 61.0 Å². The zero-order valence-corrected chi connectivity index (χ0v) is 16.4. The lowest BCUT2D eigenvalue weighted by Gasteiger charge is -2.27. The van der Waals surface area contributed by atoms with E-state index in [0.29, 0.717) is 12.6 Å². The van der Waals surface area contributed by atoms with Gasteiger partial charge in [-0.15, -0.1) is 0 Å². The molecule has 0 saturated heterocycles. The van der Waals surface area contributed by atoms with E-state index in [2.05, 4.69) is 27.6 Å². The van der Waals surface area contributed by atoms with Gasteiger partial charge >= 0.3 is 0 Å². The van der Waals surface area contributed by atoms with Gasteiger partial charge in [-0.25, -0.2) is 14.7 Å². The zero-order valence-electron chi connectivity index (χ0n) is 16.4. The van der Waals surface area contributed by atoms with Crippen LogP contribution in [-0.2, 0) is 6.54 Å². The van der Waals surface area contributed by atoms with Crippen molar-refractivity contribution in [1.82, 2.24) is 25.4 Å². The molecular weight excluding hydrogens is 340 g/mol. The minimum absolute atomic E-state index is 0.144. The summed E-state index contributed by atoms with van der Waals surface area (Å²) in [5.41, 5.74) is 3.11. The van der Waals surface area contributed by atoms with Crippen molar-refractivity contribution in [3.63, 3.8) is 0 Å². The Balaban J connectivity index is 1.62. The van der Waals surface area contributed by atoms with Gasteiger partial charge in [-0.05, 0) is 64.2 Å². The Bertz CT molecular complexity index is 759. The first-order valence-electron chi connectivity index (χ1n) is 9.76. The van der Waals surface area contributed by atoms with Crippen LogP contribution in [0.1, 0.15) is 49.6 Å². The first-order valence-corrected chi connectivity index (χ1v) is 9.76. The molecule has 0 aromatic carbocycles. The fraction of sp³-hybridized carbons (Fsp3) is 0.550. The third kappa shape index (κ3) is 5.29. The lowest BCUT2D eigenvalue weighted by molar-refractivity contribution is 0.120. The van der Waals surface area contributed by atoms with Crippen molar-refractivity contribution in [2.45, 2.75) is 65.1 Å². The molecule has 2 aromatic rings. The summed E-state index contributed by atoms with van der Waals surface area (Å²) in [5.74, 6) is 1.64. The molecule has 1 saturated carbocycles. The minimum atomic E-state index is -0.144. The van der Waals surface area contributed by atoms with Crippen molar-refractivity contribution in [2.24, 2.45) is 4.99 Å². The van der Waals surface area contributed by atoms with Crippen LogP contribution < -0.4 is 10.6 Å². The van der Waals surface area contributed by atoms with Gasteiger partial charge in [0, 0.05) is 24.5 Å². The van der Waals surface area contributed by atoms with Gasteiger partial charge in [-0.2, -0.15) is 5.10 Å². The van der Waals surface area contributed by atoms with Crippen LogP contribution in [0.5, 0.6) is 0 Å². The second kappa shape index (κ2) is 8.99. The molecule has 0 amide bonds. The average Bonchev–Trinajstić information content (AvgIpc) is 3.00. The van der Waals surface area contributed by atoms with E-state index in [1.165, 1.54) is 0 Å². The summed E-state index contributed by atoms with van der Waals surface area (Å²) in [6.45, 7) is 7.45. The van der Waals surface area contributed by atoms with E-state index in [4.69, 9.17) is 4.99 Å². The smallest absolute Gasteiger partial charge is 0.191 e. The Morgan fingerprint density at radius 3 is 2.63 bits per heavy atom. The van der Waals surface area contributed by atoms with Gasteiger partial charge in [0.15, 0.2) is 11.8 Å². The first-order chi connectivity index (χ1) is 13.0. The molecule has 0 spiro atoms. The Labute approximate surface area is 160 Å². The predicted molar refractivity (Wildman–Crippen MR) is 107 cm³/mol. The molecule has 2 heterocycles. The van der Waals surface area contributed by atoms with Gasteiger partial charge in [0.2, 0.25) is 0 Å². The van der Waals surface area contributed by atoms with Crippen LogP contribution >= 0.6 is 0 Å². The van der Waals surface area contributed by atoms with E-state index < -0.39 is 0 Å². The van der Waals surface area contributed by atoms with Crippen LogP contribution in [0.4, 0.5) is 0 Å². The summed E-state index contributed by atoms with van der Waals surface area (Å²) in [5, 5.41) is 20.9. The number of hydrogen-bond donors (Lipinski definition) is 3. The molecule has 3 N–H and O–H groups in total. The summed E-state index contributed by atoms with van der Waals surface area (Å²) in [4.78, 5) is 9.22. The number of aryl methyl sites for hydroxylation is 2. The lowest BCUT2D eigenvalue weighted by atomic mass is 9.93. The fourth-order valence-electron chi connectivity index (χ4n) is 3.40. The molecule has 1 aliphatic rings. The molecular formula is C20H30N6O. The van der Waals surface area contributed by atoms with Crippen LogP contribution in [0.2, 0.25) is 0 Å². The summed E-state index contributed by atoms with van der Waals surface area (Å²) >= 11 is 0. The third-order valence-electron chi connectivity index (χ3n) is 4.84. The normalized spacial score (nSPS) is 20.5. The highest BCUT2D eigenvalue weighted by molar-refractivity contribution is 5.80. The Morgan fingerprint density at radius 2 is 2.04 bits per heavy atom. The molecule has 0 atom stereocenters. The maximum absolute atomic E-state index is 9.65. The van der Waals surface area contributed by atoms with Crippen LogP contribution in [0.3, 0.4) is 0 Å². The molecule has 2 aromatic heterocycles. The van der Waals surface area contributed by atoms with Crippen molar-refractivity contribution < 1.29 is 5.11 Å². The van der Waals surface area contributed by atoms with Gasteiger partial charge < -0.3 is 15.7 Å². The van der Waals surface area contributed by atoms with Crippen LogP contribution in [0.25, 0.3) is 5.82 Å². The number of aliphatic hydroxyl groups excluding tert-OH is 1. The molecule has 0 radical (unpaired) electrons. The molecule has 0 aliphatic heterocycles.